The lowest BCUT2D eigenvalue weighted by molar-refractivity contribution is -0.138. The SMILES string of the molecule is Cn1ccnc1C1CCCN(Cc2ccccc2C(F)(F)F)C1. The zero-order valence-electron chi connectivity index (χ0n) is 13.1. The molecule has 0 amide bonds. The second kappa shape index (κ2) is 6.35. The predicted octanol–water partition coefficient (Wildman–Crippen LogP) is 3.82. The highest BCUT2D eigenvalue weighted by Gasteiger charge is 2.33. The lowest BCUT2D eigenvalue weighted by atomic mass is 9.96. The number of rotatable bonds is 3. The van der Waals surface area contributed by atoms with Crippen molar-refractivity contribution < 1.29 is 13.2 Å². The number of hydrogen-bond donors (Lipinski definition) is 0. The van der Waals surface area contributed by atoms with E-state index in [0.717, 1.165) is 37.8 Å². The van der Waals surface area contributed by atoms with Gasteiger partial charge in [-0.2, -0.15) is 13.2 Å². The zero-order valence-corrected chi connectivity index (χ0v) is 13.1. The van der Waals surface area contributed by atoms with E-state index in [9.17, 15) is 13.2 Å². The molecule has 1 atom stereocenters. The first-order valence-electron chi connectivity index (χ1n) is 7.80. The number of nitrogens with zero attached hydrogens (tertiary/aromatic N) is 3. The van der Waals surface area contributed by atoms with E-state index in [0.29, 0.717) is 12.1 Å². The van der Waals surface area contributed by atoms with Crippen molar-refractivity contribution in [1.82, 2.24) is 14.5 Å². The second-order valence-electron chi connectivity index (χ2n) is 6.13. The summed E-state index contributed by atoms with van der Waals surface area (Å²) in [6, 6.07) is 5.85. The van der Waals surface area contributed by atoms with Crippen LogP contribution in [0.1, 0.15) is 35.7 Å². The average Bonchev–Trinajstić information content (AvgIpc) is 2.93. The van der Waals surface area contributed by atoms with Gasteiger partial charge in [-0.1, -0.05) is 18.2 Å². The van der Waals surface area contributed by atoms with E-state index in [1.54, 1.807) is 18.3 Å². The van der Waals surface area contributed by atoms with Gasteiger partial charge in [0.05, 0.1) is 5.56 Å². The van der Waals surface area contributed by atoms with Gasteiger partial charge in [0, 0.05) is 38.4 Å². The molecule has 0 bridgehead atoms. The van der Waals surface area contributed by atoms with Crippen LogP contribution in [0.3, 0.4) is 0 Å². The lowest BCUT2D eigenvalue weighted by Gasteiger charge is -2.33. The van der Waals surface area contributed by atoms with E-state index in [-0.39, 0.29) is 5.92 Å². The van der Waals surface area contributed by atoms with Gasteiger partial charge in [0.2, 0.25) is 0 Å². The van der Waals surface area contributed by atoms with Crippen molar-refractivity contribution in [2.75, 3.05) is 13.1 Å². The number of likely N-dealkylation sites (tertiary alicyclic amines) is 1. The van der Waals surface area contributed by atoms with Crippen molar-refractivity contribution in [3.63, 3.8) is 0 Å². The summed E-state index contributed by atoms with van der Waals surface area (Å²) in [6.45, 7) is 1.90. The van der Waals surface area contributed by atoms with E-state index >= 15 is 0 Å². The largest absolute Gasteiger partial charge is 0.416 e. The molecule has 0 radical (unpaired) electrons. The molecule has 1 aromatic carbocycles. The summed E-state index contributed by atoms with van der Waals surface area (Å²) in [4.78, 5) is 6.50. The van der Waals surface area contributed by atoms with Crippen molar-refractivity contribution in [2.45, 2.75) is 31.5 Å². The minimum absolute atomic E-state index is 0.279. The zero-order chi connectivity index (χ0) is 16.4. The molecule has 1 aromatic heterocycles. The Morgan fingerprint density at radius 1 is 1.26 bits per heavy atom. The quantitative estimate of drug-likeness (QED) is 0.856. The standard InChI is InChI=1S/C17H20F3N3/c1-22-10-8-21-16(22)14-6-4-9-23(12-14)11-13-5-2-3-7-15(13)17(18,19)20/h2-3,5,7-8,10,14H,4,6,9,11-12H2,1H3. The highest BCUT2D eigenvalue weighted by atomic mass is 19.4. The molecule has 124 valence electrons. The number of hydrogen-bond acceptors (Lipinski definition) is 2. The summed E-state index contributed by atoms with van der Waals surface area (Å²) in [5.74, 6) is 1.29. The number of aryl methyl sites for hydroxylation is 1. The first-order valence-corrected chi connectivity index (χ1v) is 7.80. The molecule has 1 unspecified atom stereocenters. The van der Waals surface area contributed by atoms with Crippen LogP contribution in [0.15, 0.2) is 36.7 Å². The van der Waals surface area contributed by atoms with Crippen LogP contribution in [0.25, 0.3) is 0 Å². The van der Waals surface area contributed by atoms with Gasteiger partial charge < -0.3 is 4.57 Å². The molecule has 0 aliphatic carbocycles. The van der Waals surface area contributed by atoms with E-state index in [1.807, 2.05) is 17.8 Å². The molecule has 0 saturated carbocycles. The lowest BCUT2D eigenvalue weighted by Crippen LogP contribution is -2.35. The van der Waals surface area contributed by atoms with Gasteiger partial charge in [0.1, 0.15) is 5.82 Å². The van der Waals surface area contributed by atoms with Gasteiger partial charge in [-0.3, -0.25) is 4.90 Å². The first-order chi connectivity index (χ1) is 10.9. The Balaban J connectivity index is 1.75. The Bertz CT molecular complexity index is 663. The summed E-state index contributed by atoms with van der Waals surface area (Å²) < 4.78 is 41.4. The van der Waals surface area contributed by atoms with Crippen LogP contribution in [0.5, 0.6) is 0 Å². The number of imidazole rings is 1. The van der Waals surface area contributed by atoms with Crippen LogP contribution >= 0.6 is 0 Å². The molecule has 1 saturated heterocycles. The maximum absolute atomic E-state index is 13.1. The summed E-state index contributed by atoms with van der Waals surface area (Å²) in [5, 5.41) is 0. The molecule has 23 heavy (non-hydrogen) atoms. The highest BCUT2D eigenvalue weighted by Crippen LogP contribution is 2.33. The Kier molecular flexibility index (Phi) is 4.43. The third kappa shape index (κ3) is 3.58. The molecule has 1 aliphatic rings. The maximum Gasteiger partial charge on any atom is 0.416 e. The third-order valence-corrected chi connectivity index (χ3v) is 4.45. The number of piperidine rings is 1. The minimum Gasteiger partial charge on any atom is -0.338 e. The molecule has 0 spiro atoms. The molecule has 3 nitrogen and oxygen atoms in total. The molecule has 1 fully saturated rings. The summed E-state index contributed by atoms with van der Waals surface area (Å²) in [7, 11) is 1.96. The molecule has 0 N–H and O–H groups in total. The van der Waals surface area contributed by atoms with Crippen LogP contribution in [-0.4, -0.2) is 27.5 Å². The molecule has 3 rings (SSSR count). The van der Waals surface area contributed by atoms with Crippen molar-refractivity contribution in [3.8, 4) is 0 Å². The summed E-state index contributed by atoms with van der Waals surface area (Å²) in [6.07, 6.45) is 1.39. The second-order valence-corrected chi connectivity index (χ2v) is 6.13. The molecule has 2 heterocycles. The van der Waals surface area contributed by atoms with Gasteiger partial charge >= 0.3 is 6.18 Å². The van der Waals surface area contributed by atoms with E-state index in [4.69, 9.17) is 0 Å². The topological polar surface area (TPSA) is 21.1 Å². The molecule has 2 aromatic rings. The maximum atomic E-state index is 13.1. The van der Waals surface area contributed by atoms with Gasteiger partial charge in [-0.15, -0.1) is 0 Å². The Labute approximate surface area is 133 Å². The van der Waals surface area contributed by atoms with Crippen LogP contribution in [0, 0.1) is 0 Å². The van der Waals surface area contributed by atoms with Gasteiger partial charge in [0.15, 0.2) is 0 Å². The number of alkyl halides is 3. The monoisotopic (exact) mass is 323 g/mol. The normalized spacial score (nSPS) is 19.9. The fourth-order valence-corrected chi connectivity index (χ4v) is 3.36. The van der Waals surface area contributed by atoms with E-state index in [1.165, 1.54) is 6.07 Å². The smallest absolute Gasteiger partial charge is 0.338 e. The molecule has 6 heteroatoms. The minimum atomic E-state index is -4.30. The molecular formula is C17H20F3N3. The first kappa shape index (κ1) is 16.1. The average molecular weight is 323 g/mol. The van der Waals surface area contributed by atoms with Crippen molar-refractivity contribution in [1.29, 1.82) is 0 Å². The van der Waals surface area contributed by atoms with Crippen LogP contribution in [-0.2, 0) is 19.8 Å². The number of aromatic nitrogens is 2. The number of halogens is 3. The van der Waals surface area contributed by atoms with E-state index < -0.39 is 11.7 Å². The van der Waals surface area contributed by atoms with Crippen LogP contribution in [0.4, 0.5) is 13.2 Å². The number of benzene rings is 1. The van der Waals surface area contributed by atoms with E-state index in [2.05, 4.69) is 9.88 Å². The van der Waals surface area contributed by atoms with Gasteiger partial charge in [-0.05, 0) is 31.0 Å². The Hall–Kier alpha value is -1.82. The van der Waals surface area contributed by atoms with Crippen molar-refractivity contribution in [3.05, 3.63) is 53.6 Å². The van der Waals surface area contributed by atoms with Crippen molar-refractivity contribution >= 4 is 0 Å². The molecule has 1 aliphatic heterocycles. The fourth-order valence-electron chi connectivity index (χ4n) is 3.36. The van der Waals surface area contributed by atoms with Gasteiger partial charge in [-0.25, -0.2) is 4.98 Å². The highest BCUT2D eigenvalue weighted by molar-refractivity contribution is 5.29. The summed E-state index contributed by atoms with van der Waals surface area (Å²) >= 11 is 0. The fraction of sp³-hybridized carbons (Fsp3) is 0.471. The van der Waals surface area contributed by atoms with Crippen molar-refractivity contribution in [2.24, 2.45) is 7.05 Å². The van der Waals surface area contributed by atoms with Gasteiger partial charge in [0.25, 0.3) is 0 Å². The van der Waals surface area contributed by atoms with Crippen LogP contribution < -0.4 is 0 Å². The predicted molar refractivity (Wildman–Crippen MR) is 81.9 cm³/mol. The third-order valence-electron chi connectivity index (χ3n) is 4.45. The molecular weight excluding hydrogens is 303 g/mol. The van der Waals surface area contributed by atoms with Crippen LogP contribution in [0.2, 0.25) is 0 Å². The Morgan fingerprint density at radius 3 is 2.74 bits per heavy atom. The Morgan fingerprint density at radius 2 is 2.04 bits per heavy atom. The summed E-state index contributed by atoms with van der Waals surface area (Å²) in [5.41, 5.74) is -0.181.